The first-order valence-electron chi connectivity index (χ1n) is 5.57. The van der Waals surface area contributed by atoms with Crippen LogP contribution in [0.4, 0.5) is 8.78 Å². The summed E-state index contributed by atoms with van der Waals surface area (Å²) in [6, 6.07) is 2.50. The average Bonchev–Trinajstić information content (AvgIpc) is 2.41. The molecule has 1 nitrogen and oxygen atoms in total. The Morgan fingerprint density at radius 2 is 1.65 bits per heavy atom. The molecule has 0 amide bonds. The first-order valence-corrected chi connectivity index (χ1v) is 5.95. The standard InChI is InChI=1S/C9H4ClF2N.2C2H6/c10-7-3-8(11)9(12)6-4-13-2-1-5(6)7;2*1-2/h1-4H;2*1-2H3. The summed E-state index contributed by atoms with van der Waals surface area (Å²) in [4.78, 5) is 3.69. The zero-order chi connectivity index (χ0) is 13.4. The van der Waals surface area contributed by atoms with Crippen LogP contribution in [0.5, 0.6) is 0 Å². The molecule has 0 atom stereocenters. The second kappa shape index (κ2) is 7.96. The highest BCUT2D eigenvalue weighted by Crippen LogP contribution is 2.26. The van der Waals surface area contributed by atoms with Gasteiger partial charge >= 0.3 is 0 Å². The minimum Gasteiger partial charge on any atom is -0.264 e. The van der Waals surface area contributed by atoms with E-state index < -0.39 is 11.6 Å². The lowest BCUT2D eigenvalue weighted by molar-refractivity contribution is 0.517. The highest BCUT2D eigenvalue weighted by molar-refractivity contribution is 6.35. The van der Waals surface area contributed by atoms with Crippen LogP contribution >= 0.6 is 11.6 Å². The topological polar surface area (TPSA) is 12.9 Å². The fourth-order valence-corrected chi connectivity index (χ4v) is 1.42. The first-order chi connectivity index (χ1) is 8.20. The number of hydrogen-bond acceptors (Lipinski definition) is 1. The lowest BCUT2D eigenvalue weighted by atomic mass is 10.1. The van der Waals surface area contributed by atoms with Crippen molar-refractivity contribution in [2.45, 2.75) is 27.7 Å². The predicted molar refractivity (Wildman–Crippen MR) is 69.4 cm³/mol. The normalized spacial score (nSPS) is 8.88. The highest BCUT2D eigenvalue weighted by Gasteiger charge is 2.10. The van der Waals surface area contributed by atoms with Crippen LogP contribution in [0.25, 0.3) is 10.8 Å². The minimum atomic E-state index is -0.953. The van der Waals surface area contributed by atoms with E-state index >= 15 is 0 Å². The molecule has 0 N–H and O–H groups in total. The summed E-state index contributed by atoms with van der Waals surface area (Å²) in [5.41, 5.74) is 0. The van der Waals surface area contributed by atoms with Gasteiger partial charge in [0.15, 0.2) is 11.6 Å². The third kappa shape index (κ3) is 3.63. The fourth-order valence-electron chi connectivity index (χ4n) is 1.16. The zero-order valence-corrected chi connectivity index (χ0v) is 11.1. The summed E-state index contributed by atoms with van der Waals surface area (Å²) in [5, 5.41) is 0.763. The monoisotopic (exact) mass is 259 g/mol. The quantitative estimate of drug-likeness (QED) is 0.591. The summed E-state index contributed by atoms with van der Waals surface area (Å²) in [6.45, 7) is 8.00. The maximum Gasteiger partial charge on any atom is 0.168 e. The number of aromatic nitrogens is 1. The van der Waals surface area contributed by atoms with E-state index in [4.69, 9.17) is 11.6 Å². The first kappa shape index (κ1) is 15.8. The van der Waals surface area contributed by atoms with Crippen LogP contribution in [-0.4, -0.2) is 4.98 Å². The molecule has 1 heterocycles. The van der Waals surface area contributed by atoms with Crippen molar-refractivity contribution in [3.05, 3.63) is 41.2 Å². The molecule has 0 fully saturated rings. The van der Waals surface area contributed by atoms with E-state index in [1.165, 1.54) is 12.4 Å². The Morgan fingerprint density at radius 1 is 1.06 bits per heavy atom. The molecule has 0 aliphatic carbocycles. The second-order valence-electron chi connectivity index (χ2n) is 2.58. The Bertz CT molecular complexity index is 472. The van der Waals surface area contributed by atoms with Crippen molar-refractivity contribution < 1.29 is 8.78 Å². The van der Waals surface area contributed by atoms with Gasteiger partial charge in [-0.3, -0.25) is 4.98 Å². The Labute approximate surface area is 105 Å². The van der Waals surface area contributed by atoms with Crippen molar-refractivity contribution >= 4 is 22.4 Å². The van der Waals surface area contributed by atoms with E-state index in [0.717, 1.165) is 6.07 Å². The molecule has 0 aliphatic rings. The molecule has 4 heteroatoms. The van der Waals surface area contributed by atoms with E-state index in [2.05, 4.69) is 4.98 Å². The van der Waals surface area contributed by atoms with Gasteiger partial charge in [-0.05, 0) is 12.1 Å². The van der Waals surface area contributed by atoms with E-state index in [9.17, 15) is 8.78 Å². The van der Waals surface area contributed by atoms with Gasteiger partial charge in [-0.25, -0.2) is 8.78 Å². The third-order valence-electron chi connectivity index (χ3n) is 1.78. The van der Waals surface area contributed by atoms with Gasteiger partial charge in [0, 0.05) is 23.2 Å². The van der Waals surface area contributed by atoms with Gasteiger partial charge in [0.2, 0.25) is 0 Å². The lowest BCUT2D eigenvalue weighted by Crippen LogP contribution is -1.87. The summed E-state index contributed by atoms with van der Waals surface area (Å²) >= 11 is 5.70. The van der Waals surface area contributed by atoms with Crippen molar-refractivity contribution in [2.24, 2.45) is 0 Å². The van der Waals surface area contributed by atoms with Crippen LogP contribution in [0.3, 0.4) is 0 Å². The van der Waals surface area contributed by atoms with Gasteiger partial charge in [-0.1, -0.05) is 39.3 Å². The third-order valence-corrected chi connectivity index (χ3v) is 2.09. The van der Waals surface area contributed by atoms with Crippen molar-refractivity contribution in [1.29, 1.82) is 0 Å². The van der Waals surface area contributed by atoms with Gasteiger partial charge in [-0.15, -0.1) is 0 Å². The summed E-state index contributed by atoms with van der Waals surface area (Å²) in [5.74, 6) is -1.86. The maximum atomic E-state index is 13.1. The van der Waals surface area contributed by atoms with E-state index in [-0.39, 0.29) is 10.4 Å². The van der Waals surface area contributed by atoms with Crippen LogP contribution < -0.4 is 0 Å². The molecule has 2 aromatic rings. The van der Waals surface area contributed by atoms with Crippen LogP contribution in [0.1, 0.15) is 27.7 Å². The number of hydrogen-bond donors (Lipinski definition) is 0. The second-order valence-corrected chi connectivity index (χ2v) is 2.98. The minimum absolute atomic E-state index is 0.104. The number of rotatable bonds is 0. The summed E-state index contributed by atoms with van der Waals surface area (Å²) < 4.78 is 25.9. The Balaban J connectivity index is 0.000000581. The zero-order valence-electron chi connectivity index (χ0n) is 10.4. The Morgan fingerprint density at radius 3 is 2.24 bits per heavy atom. The molecule has 0 saturated heterocycles. The molecule has 0 spiro atoms. The average molecular weight is 260 g/mol. The molecular weight excluding hydrogens is 244 g/mol. The van der Waals surface area contributed by atoms with Gasteiger partial charge in [0.1, 0.15) is 0 Å². The fraction of sp³-hybridized carbons (Fsp3) is 0.308. The van der Waals surface area contributed by atoms with Crippen LogP contribution in [0.2, 0.25) is 5.02 Å². The summed E-state index contributed by atoms with van der Waals surface area (Å²) in [6.07, 6.45) is 2.73. The number of pyridine rings is 1. The maximum absolute atomic E-state index is 13.1. The van der Waals surface area contributed by atoms with Gasteiger partial charge < -0.3 is 0 Å². The van der Waals surface area contributed by atoms with E-state index in [0.29, 0.717) is 5.39 Å². The number of fused-ring (bicyclic) bond motifs is 1. The van der Waals surface area contributed by atoms with Crippen molar-refractivity contribution in [3.8, 4) is 0 Å². The Hall–Kier alpha value is -1.22. The molecule has 0 bridgehead atoms. The molecule has 1 aromatic heterocycles. The van der Waals surface area contributed by atoms with Gasteiger partial charge in [0.25, 0.3) is 0 Å². The summed E-state index contributed by atoms with van der Waals surface area (Å²) in [7, 11) is 0. The van der Waals surface area contributed by atoms with Crippen molar-refractivity contribution in [2.75, 3.05) is 0 Å². The predicted octanol–water partition coefficient (Wildman–Crippen LogP) is 5.22. The molecule has 94 valence electrons. The molecule has 0 radical (unpaired) electrons. The number of halogens is 3. The number of nitrogens with zero attached hydrogens (tertiary/aromatic N) is 1. The molecule has 0 saturated carbocycles. The molecule has 2 rings (SSSR count). The lowest BCUT2D eigenvalue weighted by Gasteiger charge is -2.01. The highest BCUT2D eigenvalue weighted by atomic mass is 35.5. The molecule has 1 aromatic carbocycles. The molecule has 17 heavy (non-hydrogen) atoms. The van der Waals surface area contributed by atoms with Gasteiger partial charge in [-0.2, -0.15) is 0 Å². The smallest absolute Gasteiger partial charge is 0.168 e. The largest absolute Gasteiger partial charge is 0.264 e. The molecular formula is C13H16ClF2N. The van der Waals surface area contributed by atoms with Crippen LogP contribution in [0, 0.1) is 11.6 Å². The number of benzene rings is 1. The SMILES string of the molecule is CC.CC.Fc1cc(Cl)c2ccncc2c1F. The Kier molecular flexibility index (Phi) is 7.39. The van der Waals surface area contributed by atoms with Gasteiger partial charge in [0.05, 0.1) is 5.02 Å². The van der Waals surface area contributed by atoms with E-state index in [1.54, 1.807) is 6.07 Å². The molecule has 0 unspecified atom stereocenters. The van der Waals surface area contributed by atoms with Crippen molar-refractivity contribution in [3.63, 3.8) is 0 Å². The van der Waals surface area contributed by atoms with E-state index in [1.807, 2.05) is 27.7 Å². The van der Waals surface area contributed by atoms with Crippen LogP contribution in [-0.2, 0) is 0 Å². The van der Waals surface area contributed by atoms with Crippen molar-refractivity contribution in [1.82, 2.24) is 4.98 Å². The van der Waals surface area contributed by atoms with Crippen LogP contribution in [0.15, 0.2) is 24.5 Å². The molecule has 0 aliphatic heterocycles.